The fourth-order valence-corrected chi connectivity index (χ4v) is 3.41. The van der Waals surface area contributed by atoms with Gasteiger partial charge in [-0.05, 0) is 12.8 Å². The predicted octanol–water partition coefficient (Wildman–Crippen LogP) is 5.44. The highest BCUT2D eigenvalue weighted by Crippen LogP contribution is 2.11. The van der Waals surface area contributed by atoms with Crippen LogP contribution in [0.2, 0.25) is 0 Å². The Bertz CT molecular complexity index is 299. The lowest BCUT2D eigenvalue weighted by Gasteiger charge is -2.05. The normalized spacial score (nSPS) is 11.9. The molecule has 4 heteroatoms. The van der Waals surface area contributed by atoms with Crippen LogP contribution in [-0.2, 0) is 14.3 Å². The van der Waals surface area contributed by atoms with Crippen molar-refractivity contribution in [1.29, 1.82) is 0 Å². The molecule has 0 rings (SSSR count). The lowest BCUT2D eigenvalue weighted by molar-refractivity contribution is 0.306. The van der Waals surface area contributed by atoms with Crippen LogP contribution < -0.4 is 0 Å². The summed E-state index contributed by atoms with van der Waals surface area (Å²) in [5.41, 5.74) is 0. The van der Waals surface area contributed by atoms with E-state index in [4.69, 9.17) is 4.18 Å². The molecule has 0 aromatic heterocycles. The van der Waals surface area contributed by atoms with Crippen LogP contribution in [0, 0.1) is 0 Å². The molecule has 0 spiro atoms. The largest absolute Gasteiger partial charge is 0.270 e. The summed E-state index contributed by atoms with van der Waals surface area (Å²) in [4.78, 5) is 0. The van der Waals surface area contributed by atoms with Crippen molar-refractivity contribution in [2.24, 2.45) is 0 Å². The molecule has 0 saturated heterocycles. The Balaban J connectivity index is 3.36. The third kappa shape index (κ3) is 16.1. The van der Waals surface area contributed by atoms with E-state index in [2.05, 4.69) is 13.8 Å². The van der Waals surface area contributed by atoms with Crippen molar-refractivity contribution in [2.45, 2.75) is 97.3 Å². The molecule has 0 aliphatic heterocycles. The van der Waals surface area contributed by atoms with Crippen LogP contribution in [0.4, 0.5) is 0 Å². The Morgan fingerprint density at radius 3 is 1.57 bits per heavy atom. The number of hydrogen-bond donors (Lipinski definition) is 0. The minimum atomic E-state index is -3.27. The predicted molar refractivity (Wildman–Crippen MR) is 91.1 cm³/mol. The first kappa shape index (κ1) is 20.9. The Kier molecular flexibility index (Phi) is 14.8. The van der Waals surface area contributed by atoms with Gasteiger partial charge in [-0.2, -0.15) is 8.42 Å². The molecule has 21 heavy (non-hydrogen) atoms. The summed E-state index contributed by atoms with van der Waals surface area (Å²) in [5.74, 6) is 0.191. The first-order valence-electron chi connectivity index (χ1n) is 8.99. The molecule has 0 bridgehead atoms. The van der Waals surface area contributed by atoms with Crippen molar-refractivity contribution in [3.05, 3.63) is 0 Å². The Morgan fingerprint density at radius 2 is 1.05 bits per heavy atom. The lowest BCUT2D eigenvalue weighted by atomic mass is 10.1. The fraction of sp³-hybridized carbons (Fsp3) is 1.00. The van der Waals surface area contributed by atoms with E-state index in [0.29, 0.717) is 6.61 Å². The third-order valence-electron chi connectivity index (χ3n) is 3.76. The Hall–Kier alpha value is -0.0900. The summed E-state index contributed by atoms with van der Waals surface area (Å²) in [5, 5.41) is 0. The summed E-state index contributed by atoms with van der Waals surface area (Å²) in [7, 11) is -3.27. The average molecular weight is 321 g/mol. The molecule has 0 aliphatic carbocycles. The Labute approximate surface area is 133 Å². The van der Waals surface area contributed by atoms with E-state index in [-0.39, 0.29) is 5.75 Å². The first-order valence-corrected chi connectivity index (χ1v) is 10.6. The number of rotatable bonds is 16. The molecule has 0 fully saturated rings. The summed E-state index contributed by atoms with van der Waals surface area (Å²) in [6.07, 6.45) is 15.0. The maximum absolute atomic E-state index is 11.6. The maximum atomic E-state index is 11.6. The van der Waals surface area contributed by atoms with Crippen LogP contribution in [0.1, 0.15) is 97.3 Å². The van der Waals surface area contributed by atoms with Crippen molar-refractivity contribution >= 4 is 10.1 Å². The van der Waals surface area contributed by atoms with Gasteiger partial charge in [-0.15, -0.1) is 0 Å². The van der Waals surface area contributed by atoms with E-state index in [9.17, 15) is 8.42 Å². The summed E-state index contributed by atoms with van der Waals surface area (Å²) in [6.45, 7) is 4.73. The molecule has 0 unspecified atom stereocenters. The molecule has 3 nitrogen and oxygen atoms in total. The molecule has 0 aliphatic rings. The molecule has 0 radical (unpaired) electrons. The summed E-state index contributed by atoms with van der Waals surface area (Å²) < 4.78 is 28.3. The van der Waals surface area contributed by atoms with Gasteiger partial charge in [-0.3, -0.25) is 4.18 Å². The van der Waals surface area contributed by atoms with Crippen LogP contribution in [0.3, 0.4) is 0 Å². The molecular formula is C17H36O3S. The third-order valence-corrected chi connectivity index (χ3v) is 5.07. The molecule has 0 saturated carbocycles. The second-order valence-corrected chi connectivity index (χ2v) is 7.73. The topological polar surface area (TPSA) is 43.4 Å². The quantitative estimate of drug-likeness (QED) is 0.281. The minimum Gasteiger partial charge on any atom is -0.270 e. The zero-order valence-electron chi connectivity index (χ0n) is 14.2. The summed E-state index contributed by atoms with van der Waals surface area (Å²) >= 11 is 0. The highest BCUT2D eigenvalue weighted by Gasteiger charge is 2.10. The van der Waals surface area contributed by atoms with Gasteiger partial charge >= 0.3 is 0 Å². The molecule has 0 N–H and O–H groups in total. The first-order chi connectivity index (χ1) is 10.1. The van der Waals surface area contributed by atoms with Gasteiger partial charge in [-0.1, -0.05) is 84.5 Å². The second kappa shape index (κ2) is 14.8. The van der Waals surface area contributed by atoms with Gasteiger partial charge in [0.2, 0.25) is 0 Å². The van der Waals surface area contributed by atoms with E-state index in [1.54, 1.807) is 0 Å². The van der Waals surface area contributed by atoms with E-state index >= 15 is 0 Å². The summed E-state index contributed by atoms with van der Waals surface area (Å²) in [6, 6.07) is 0. The van der Waals surface area contributed by atoms with E-state index < -0.39 is 10.1 Å². The Morgan fingerprint density at radius 1 is 0.619 bits per heavy atom. The maximum Gasteiger partial charge on any atom is 0.267 e. The van der Waals surface area contributed by atoms with E-state index in [0.717, 1.165) is 44.9 Å². The number of hydrogen-bond acceptors (Lipinski definition) is 3. The van der Waals surface area contributed by atoms with Gasteiger partial charge in [0.1, 0.15) is 0 Å². The lowest BCUT2D eigenvalue weighted by Crippen LogP contribution is -2.11. The van der Waals surface area contributed by atoms with Gasteiger partial charge in [-0.25, -0.2) is 0 Å². The average Bonchev–Trinajstić information content (AvgIpc) is 2.45. The molecule has 0 heterocycles. The molecule has 0 aromatic rings. The van der Waals surface area contributed by atoms with Gasteiger partial charge in [0.25, 0.3) is 10.1 Å². The standard InChI is InChI=1S/C17H36O3S/c1-3-5-7-9-10-11-12-13-15-17-21(18,19)20-16-14-8-6-4-2/h3-17H2,1-2H3. The van der Waals surface area contributed by atoms with Crippen molar-refractivity contribution in [3.8, 4) is 0 Å². The fourth-order valence-electron chi connectivity index (χ4n) is 2.36. The SMILES string of the molecule is CCCCCCCCCCCS(=O)(=O)OCCCCCC. The van der Waals surface area contributed by atoms with Gasteiger partial charge < -0.3 is 0 Å². The number of unbranched alkanes of at least 4 members (excludes halogenated alkanes) is 11. The smallest absolute Gasteiger partial charge is 0.267 e. The zero-order valence-corrected chi connectivity index (χ0v) is 15.1. The molecular weight excluding hydrogens is 284 g/mol. The highest BCUT2D eigenvalue weighted by atomic mass is 32.2. The van der Waals surface area contributed by atoms with Crippen LogP contribution in [0.5, 0.6) is 0 Å². The van der Waals surface area contributed by atoms with Crippen LogP contribution in [0.25, 0.3) is 0 Å². The van der Waals surface area contributed by atoms with E-state index in [1.807, 2.05) is 0 Å². The highest BCUT2D eigenvalue weighted by molar-refractivity contribution is 7.86. The second-order valence-electron chi connectivity index (χ2n) is 5.97. The van der Waals surface area contributed by atoms with Gasteiger partial charge in [0, 0.05) is 0 Å². The van der Waals surface area contributed by atoms with Crippen molar-refractivity contribution in [3.63, 3.8) is 0 Å². The van der Waals surface area contributed by atoms with Crippen molar-refractivity contribution < 1.29 is 12.6 Å². The molecule has 0 aromatic carbocycles. The minimum absolute atomic E-state index is 0.191. The van der Waals surface area contributed by atoms with Gasteiger partial charge in [0.15, 0.2) is 0 Å². The van der Waals surface area contributed by atoms with Crippen molar-refractivity contribution in [2.75, 3.05) is 12.4 Å². The monoisotopic (exact) mass is 320 g/mol. The van der Waals surface area contributed by atoms with Gasteiger partial charge in [0.05, 0.1) is 12.4 Å². The van der Waals surface area contributed by atoms with Crippen LogP contribution in [-0.4, -0.2) is 20.8 Å². The van der Waals surface area contributed by atoms with Crippen LogP contribution in [0.15, 0.2) is 0 Å². The zero-order chi connectivity index (χ0) is 15.8. The molecule has 0 amide bonds. The van der Waals surface area contributed by atoms with E-state index in [1.165, 1.54) is 38.5 Å². The van der Waals surface area contributed by atoms with Crippen LogP contribution >= 0.6 is 0 Å². The molecule has 0 atom stereocenters. The van der Waals surface area contributed by atoms with Crippen molar-refractivity contribution in [1.82, 2.24) is 0 Å². The molecule has 128 valence electrons.